The number of nitrogens with one attached hydrogen (secondary N) is 1. The molecular formula is C9H9ClN2O4. The van der Waals surface area contributed by atoms with Gasteiger partial charge in [0.2, 0.25) is 0 Å². The fourth-order valence-electron chi connectivity index (χ4n) is 1.08. The number of carbonyl (C=O) groups is 1. The van der Waals surface area contributed by atoms with Crippen LogP contribution in [0.25, 0.3) is 0 Å². The minimum atomic E-state index is -0.934. The van der Waals surface area contributed by atoms with Crippen LogP contribution >= 0.6 is 11.6 Å². The number of nitrogens with zero attached hydrogens (tertiary/aromatic N) is 1. The molecule has 0 aliphatic rings. The van der Waals surface area contributed by atoms with E-state index in [1.807, 2.05) is 0 Å². The maximum atomic E-state index is 10.6. The van der Waals surface area contributed by atoms with Crippen LogP contribution in [0.1, 0.15) is 6.42 Å². The first-order valence-corrected chi connectivity index (χ1v) is 4.78. The second-order valence-corrected chi connectivity index (χ2v) is 3.40. The van der Waals surface area contributed by atoms with Gasteiger partial charge in [0.05, 0.1) is 11.3 Å². The van der Waals surface area contributed by atoms with Gasteiger partial charge in [-0.2, -0.15) is 0 Å². The summed E-state index contributed by atoms with van der Waals surface area (Å²) in [5.41, 5.74) is 0.263. The normalized spacial score (nSPS) is 9.81. The molecule has 0 heterocycles. The summed E-state index contributed by atoms with van der Waals surface area (Å²) in [6.45, 7) is 0.202. The number of rotatable bonds is 5. The molecule has 0 radical (unpaired) electrons. The first-order valence-electron chi connectivity index (χ1n) is 4.40. The van der Waals surface area contributed by atoms with Gasteiger partial charge in [-0.15, -0.1) is 0 Å². The van der Waals surface area contributed by atoms with Crippen LogP contribution < -0.4 is 5.32 Å². The number of nitro benzene ring substituents is 1. The maximum absolute atomic E-state index is 10.6. The van der Waals surface area contributed by atoms with Crippen LogP contribution in [0.3, 0.4) is 0 Å². The number of halogens is 1. The standard InChI is InChI=1S/C9H9ClN2O4/c10-7-2-1-6(5-8(7)12(15)16)11-4-3-9(13)14/h1-2,5,11H,3-4H2,(H,13,14). The van der Waals surface area contributed by atoms with Crippen molar-refractivity contribution < 1.29 is 14.8 Å². The molecule has 0 saturated carbocycles. The predicted molar refractivity (Wildman–Crippen MR) is 58.8 cm³/mol. The third-order valence-corrected chi connectivity index (χ3v) is 2.13. The van der Waals surface area contributed by atoms with Crippen LogP contribution in [0.4, 0.5) is 11.4 Å². The van der Waals surface area contributed by atoms with Gasteiger partial charge in [-0.1, -0.05) is 11.6 Å². The molecule has 7 heteroatoms. The Balaban J connectivity index is 2.71. The van der Waals surface area contributed by atoms with Gasteiger partial charge in [0.25, 0.3) is 5.69 Å². The number of nitro groups is 1. The summed E-state index contributed by atoms with van der Waals surface area (Å²) >= 11 is 5.61. The summed E-state index contributed by atoms with van der Waals surface area (Å²) < 4.78 is 0. The Bertz CT molecular complexity index is 422. The van der Waals surface area contributed by atoms with Gasteiger partial charge < -0.3 is 10.4 Å². The summed E-state index contributed by atoms with van der Waals surface area (Å²) in [6, 6.07) is 4.21. The summed E-state index contributed by atoms with van der Waals surface area (Å²) in [6.07, 6.45) is -0.0591. The lowest BCUT2D eigenvalue weighted by atomic mass is 10.2. The third kappa shape index (κ3) is 3.39. The highest BCUT2D eigenvalue weighted by molar-refractivity contribution is 6.32. The van der Waals surface area contributed by atoms with Crippen molar-refractivity contribution in [1.82, 2.24) is 0 Å². The number of benzene rings is 1. The van der Waals surface area contributed by atoms with Gasteiger partial charge in [-0.3, -0.25) is 14.9 Å². The summed E-state index contributed by atoms with van der Waals surface area (Å²) in [4.78, 5) is 20.2. The minimum absolute atomic E-state index is 0.0498. The molecule has 0 atom stereocenters. The summed E-state index contributed by atoms with van der Waals surface area (Å²) in [5.74, 6) is -0.934. The number of anilines is 1. The average molecular weight is 245 g/mol. The molecule has 86 valence electrons. The Morgan fingerprint density at radius 3 is 2.81 bits per heavy atom. The van der Waals surface area contributed by atoms with E-state index >= 15 is 0 Å². The van der Waals surface area contributed by atoms with Crippen molar-refractivity contribution in [3.05, 3.63) is 33.3 Å². The highest BCUT2D eigenvalue weighted by Crippen LogP contribution is 2.27. The van der Waals surface area contributed by atoms with Gasteiger partial charge in [0, 0.05) is 18.3 Å². The average Bonchev–Trinajstić information content (AvgIpc) is 2.19. The highest BCUT2D eigenvalue weighted by Gasteiger charge is 2.12. The number of carboxylic acids is 1. The van der Waals surface area contributed by atoms with E-state index < -0.39 is 10.9 Å². The van der Waals surface area contributed by atoms with Crippen LogP contribution in [0.2, 0.25) is 5.02 Å². The van der Waals surface area contributed by atoms with E-state index in [4.69, 9.17) is 16.7 Å². The Labute approximate surface area is 96.0 Å². The van der Waals surface area contributed by atoms with E-state index in [1.54, 1.807) is 6.07 Å². The van der Waals surface area contributed by atoms with Crippen LogP contribution in [-0.2, 0) is 4.79 Å². The molecule has 0 fully saturated rings. The second-order valence-electron chi connectivity index (χ2n) is 2.99. The van der Waals surface area contributed by atoms with Gasteiger partial charge in [-0.05, 0) is 12.1 Å². The lowest BCUT2D eigenvalue weighted by molar-refractivity contribution is -0.384. The number of hydrogen-bond acceptors (Lipinski definition) is 4. The van der Waals surface area contributed by atoms with E-state index in [9.17, 15) is 14.9 Å². The maximum Gasteiger partial charge on any atom is 0.305 e. The molecule has 0 aromatic heterocycles. The van der Waals surface area contributed by atoms with E-state index in [2.05, 4.69) is 5.32 Å². The van der Waals surface area contributed by atoms with E-state index in [0.29, 0.717) is 5.69 Å². The van der Waals surface area contributed by atoms with E-state index in [1.165, 1.54) is 12.1 Å². The first-order chi connectivity index (χ1) is 7.50. The second kappa shape index (κ2) is 5.32. The highest BCUT2D eigenvalue weighted by atomic mass is 35.5. The molecule has 0 unspecified atom stereocenters. The van der Waals surface area contributed by atoms with Gasteiger partial charge >= 0.3 is 5.97 Å². The lowest BCUT2D eigenvalue weighted by Gasteiger charge is -2.04. The van der Waals surface area contributed by atoms with Crippen molar-refractivity contribution in [1.29, 1.82) is 0 Å². The Hall–Kier alpha value is -1.82. The Morgan fingerprint density at radius 2 is 2.25 bits per heavy atom. The smallest absolute Gasteiger partial charge is 0.305 e. The van der Waals surface area contributed by atoms with Gasteiger partial charge in [-0.25, -0.2) is 0 Å². The zero-order chi connectivity index (χ0) is 12.1. The molecule has 0 spiro atoms. The molecule has 6 nitrogen and oxygen atoms in total. The molecule has 0 bridgehead atoms. The molecule has 2 N–H and O–H groups in total. The molecule has 1 aromatic rings. The van der Waals surface area contributed by atoms with Crippen LogP contribution in [-0.4, -0.2) is 22.5 Å². The van der Waals surface area contributed by atoms with Crippen molar-refractivity contribution in [2.75, 3.05) is 11.9 Å². The molecular weight excluding hydrogens is 236 g/mol. The molecule has 1 aromatic carbocycles. The number of aliphatic carboxylic acids is 1. The first kappa shape index (κ1) is 12.3. The van der Waals surface area contributed by atoms with Gasteiger partial charge in [0.1, 0.15) is 5.02 Å². The molecule has 0 saturated heterocycles. The third-order valence-electron chi connectivity index (χ3n) is 1.81. The van der Waals surface area contributed by atoms with Crippen LogP contribution in [0, 0.1) is 10.1 Å². The summed E-state index contributed by atoms with van der Waals surface area (Å²) in [5, 5.41) is 21.8. The molecule has 0 aliphatic heterocycles. The molecule has 16 heavy (non-hydrogen) atoms. The zero-order valence-electron chi connectivity index (χ0n) is 8.14. The number of carboxylic acid groups (broad SMARTS) is 1. The predicted octanol–water partition coefficient (Wildman–Crippen LogP) is 2.13. The molecule has 1 rings (SSSR count). The molecule has 0 amide bonds. The summed E-state index contributed by atoms with van der Waals surface area (Å²) in [7, 11) is 0. The fourth-order valence-corrected chi connectivity index (χ4v) is 1.26. The van der Waals surface area contributed by atoms with E-state index in [0.717, 1.165) is 0 Å². The Kier molecular flexibility index (Phi) is 4.07. The van der Waals surface area contributed by atoms with Crippen LogP contribution in [0.5, 0.6) is 0 Å². The topological polar surface area (TPSA) is 92.5 Å². The number of hydrogen-bond donors (Lipinski definition) is 2. The minimum Gasteiger partial charge on any atom is -0.481 e. The zero-order valence-corrected chi connectivity index (χ0v) is 8.90. The lowest BCUT2D eigenvalue weighted by Crippen LogP contribution is -2.07. The van der Waals surface area contributed by atoms with Crippen molar-refractivity contribution in [3.8, 4) is 0 Å². The van der Waals surface area contributed by atoms with Crippen LogP contribution in [0.15, 0.2) is 18.2 Å². The fraction of sp³-hybridized carbons (Fsp3) is 0.222. The SMILES string of the molecule is O=C(O)CCNc1ccc(Cl)c([N+](=O)[O-])c1. The molecule has 0 aliphatic carbocycles. The largest absolute Gasteiger partial charge is 0.481 e. The van der Waals surface area contributed by atoms with Gasteiger partial charge in [0.15, 0.2) is 0 Å². The van der Waals surface area contributed by atoms with Crippen molar-refractivity contribution in [3.63, 3.8) is 0 Å². The van der Waals surface area contributed by atoms with E-state index in [-0.39, 0.29) is 23.7 Å². The monoisotopic (exact) mass is 244 g/mol. The van der Waals surface area contributed by atoms with Crippen molar-refractivity contribution >= 4 is 28.9 Å². The van der Waals surface area contributed by atoms with Crippen molar-refractivity contribution in [2.45, 2.75) is 6.42 Å². The van der Waals surface area contributed by atoms with Crippen molar-refractivity contribution in [2.24, 2.45) is 0 Å². The quantitative estimate of drug-likeness (QED) is 0.611. The Morgan fingerprint density at radius 1 is 1.56 bits per heavy atom.